The summed E-state index contributed by atoms with van der Waals surface area (Å²) < 4.78 is 5.15. The fourth-order valence-electron chi connectivity index (χ4n) is 4.87. The van der Waals surface area contributed by atoms with Gasteiger partial charge < -0.3 is 19.5 Å². The number of nitrogens with one attached hydrogen (secondary N) is 1. The number of ether oxygens (including phenoxy) is 1. The van der Waals surface area contributed by atoms with Gasteiger partial charge in [-0.3, -0.25) is 4.79 Å². The molecule has 1 aliphatic heterocycles. The second-order valence-electron chi connectivity index (χ2n) is 7.97. The topological polar surface area (TPSA) is 87.2 Å². The lowest BCUT2D eigenvalue weighted by molar-refractivity contribution is 0.0773. The van der Waals surface area contributed by atoms with Gasteiger partial charge in [0.25, 0.3) is 5.91 Å². The summed E-state index contributed by atoms with van der Waals surface area (Å²) in [7, 11) is 3.68. The van der Waals surface area contributed by atoms with E-state index >= 15 is 0 Å². The fourth-order valence-corrected chi connectivity index (χ4v) is 4.87. The first-order valence-corrected chi connectivity index (χ1v) is 9.95. The summed E-state index contributed by atoms with van der Waals surface area (Å²) in [5, 5.41) is 1.05. The van der Waals surface area contributed by atoms with E-state index in [-0.39, 0.29) is 5.91 Å². The quantitative estimate of drug-likeness (QED) is 0.733. The minimum Gasteiger partial charge on any atom is -0.481 e. The summed E-state index contributed by atoms with van der Waals surface area (Å²) in [6, 6.07) is 7.77. The molecule has 150 valence electrons. The molecule has 0 spiro atoms. The maximum atomic E-state index is 12.9. The van der Waals surface area contributed by atoms with Crippen molar-refractivity contribution in [1.29, 1.82) is 0 Å². The number of aromatic amines is 1. The van der Waals surface area contributed by atoms with E-state index in [9.17, 15) is 4.79 Å². The molecule has 0 unspecified atom stereocenters. The van der Waals surface area contributed by atoms with Crippen LogP contribution in [0.2, 0.25) is 0 Å². The molecule has 2 fully saturated rings. The smallest absolute Gasteiger partial charge is 0.272 e. The second kappa shape index (κ2) is 7.02. The van der Waals surface area contributed by atoms with Crippen molar-refractivity contribution in [1.82, 2.24) is 24.8 Å². The molecule has 3 aromatic rings. The zero-order valence-electron chi connectivity index (χ0n) is 16.6. The largest absolute Gasteiger partial charge is 0.481 e. The number of anilines is 1. The second-order valence-corrected chi connectivity index (χ2v) is 7.97. The normalized spacial score (nSPS) is 23.4. The van der Waals surface area contributed by atoms with Crippen LogP contribution in [0.1, 0.15) is 23.3 Å². The van der Waals surface area contributed by atoms with Gasteiger partial charge in [-0.25, -0.2) is 15.0 Å². The minimum absolute atomic E-state index is 0.00645. The maximum Gasteiger partial charge on any atom is 0.272 e. The van der Waals surface area contributed by atoms with E-state index in [1.54, 1.807) is 25.6 Å². The molecule has 5 rings (SSSR count). The van der Waals surface area contributed by atoms with Crippen LogP contribution in [0.15, 0.2) is 36.8 Å². The lowest BCUT2D eigenvalue weighted by atomic mass is 10.0. The molecule has 1 saturated carbocycles. The van der Waals surface area contributed by atoms with Crippen molar-refractivity contribution in [3.05, 3.63) is 42.5 Å². The van der Waals surface area contributed by atoms with Gasteiger partial charge >= 0.3 is 0 Å². The SMILES string of the molecule is COc1cccc(C(=O)N2C[C@H]3C[C@@H](N(C)c4ncnc5[nH]ccc45)C[C@H]3C2)n1. The molecular formula is C21H24N6O2. The minimum atomic E-state index is -0.00645. The van der Waals surface area contributed by atoms with E-state index in [4.69, 9.17) is 4.74 Å². The number of fused-ring (bicyclic) bond motifs is 2. The van der Waals surface area contributed by atoms with Crippen LogP contribution in [0.25, 0.3) is 11.0 Å². The Morgan fingerprint density at radius 1 is 1.21 bits per heavy atom. The average Bonchev–Trinajstić information content (AvgIpc) is 3.46. The van der Waals surface area contributed by atoms with E-state index in [1.807, 2.05) is 23.2 Å². The number of hydrogen-bond acceptors (Lipinski definition) is 6. The molecule has 1 amide bonds. The van der Waals surface area contributed by atoms with E-state index in [2.05, 4.69) is 31.9 Å². The summed E-state index contributed by atoms with van der Waals surface area (Å²) in [5.74, 6) is 2.46. The van der Waals surface area contributed by atoms with Crippen molar-refractivity contribution >= 4 is 22.8 Å². The van der Waals surface area contributed by atoms with E-state index in [0.717, 1.165) is 42.8 Å². The number of H-pyrrole nitrogens is 1. The monoisotopic (exact) mass is 392 g/mol. The summed E-state index contributed by atoms with van der Waals surface area (Å²) in [4.78, 5) is 33.4. The summed E-state index contributed by atoms with van der Waals surface area (Å²) >= 11 is 0. The third-order valence-electron chi connectivity index (χ3n) is 6.38. The van der Waals surface area contributed by atoms with E-state index < -0.39 is 0 Å². The van der Waals surface area contributed by atoms with Crippen molar-refractivity contribution in [2.45, 2.75) is 18.9 Å². The van der Waals surface area contributed by atoms with Gasteiger partial charge in [-0.15, -0.1) is 0 Å². The molecule has 1 N–H and O–H groups in total. The predicted octanol–water partition coefficient (Wildman–Crippen LogP) is 2.35. The Hall–Kier alpha value is -3.16. The highest BCUT2D eigenvalue weighted by molar-refractivity contribution is 5.92. The van der Waals surface area contributed by atoms with Crippen LogP contribution in [-0.4, -0.2) is 64.0 Å². The van der Waals surface area contributed by atoms with Crippen molar-refractivity contribution in [2.24, 2.45) is 11.8 Å². The average molecular weight is 392 g/mol. The van der Waals surface area contributed by atoms with Crippen molar-refractivity contribution < 1.29 is 9.53 Å². The third kappa shape index (κ3) is 3.08. The first-order valence-electron chi connectivity index (χ1n) is 9.95. The zero-order chi connectivity index (χ0) is 20.0. The Kier molecular flexibility index (Phi) is 4.34. The molecule has 0 aromatic carbocycles. The Balaban J connectivity index is 1.27. The van der Waals surface area contributed by atoms with Gasteiger partial charge in [0, 0.05) is 38.4 Å². The summed E-state index contributed by atoms with van der Waals surface area (Å²) in [6.45, 7) is 1.58. The number of likely N-dealkylation sites (tertiary alicyclic amines) is 1. The number of aromatic nitrogens is 4. The maximum absolute atomic E-state index is 12.9. The number of carbonyl (C=O) groups excluding carboxylic acids is 1. The predicted molar refractivity (Wildman–Crippen MR) is 109 cm³/mol. The molecule has 4 heterocycles. The molecule has 3 atom stereocenters. The number of pyridine rings is 1. The van der Waals surface area contributed by atoms with Crippen LogP contribution in [0.3, 0.4) is 0 Å². The lowest BCUT2D eigenvalue weighted by Crippen LogP contribution is -2.34. The number of carbonyl (C=O) groups is 1. The van der Waals surface area contributed by atoms with Crippen molar-refractivity contribution in [2.75, 3.05) is 32.1 Å². The van der Waals surface area contributed by atoms with Crippen LogP contribution in [0.5, 0.6) is 5.88 Å². The molecule has 8 heteroatoms. The zero-order valence-corrected chi connectivity index (χ0v) is 16.6. The first kappa shape index (κ1) is 17.9. The van der Waals surface area contributed by atoms with Crippen molar-refractivity contribution in [3.63, 3.8) is 0 Å². The molecule has 0 radical (unpaired) electrons. The van der Waals surface area contributed by atoms with Gasteiger partial charge in [-0.05, 0) is 36.8 Å². The number of nitrogens with zero attached hydrogens (tertiary/aromatic N) is 5. The van der Waals surface area contributed by atoms with Crippen molar-refractivity contribution in [3.8, 4) is 5.88 Å². The van der Waals surface area contributed by atoms with Gasteiger partial charge in [0.2, 0.25) is 5.88 Å². The summed E-state index contributed by atoms with van der Waals surface area (Å²) in [5.41, 5.74) is 1.32. The van der Waals surface area contributed by atoms with Crippen LogP contribution in [-0.2, 0) is 0 Å². The molecule has 29 heavy (non-hydrogen) atoms. The van der Waals surface area contributed by atoms with Gasteiger partial charge in [-0.2, -0.15) is 0 Å². The Morgan fingerprint density at radius 2 is 2.00 bits per heavy atom. The van der Waals surface area contributed by atoms with Gasteiger partial charge in [0.05, 0.1) is 12.5 Å². The number of amides is 1. The molecule has 8 nitrogen and oxygen atoms in total. The highest BCUT2D eigenvalue weighted by atomic mass is 16.5. The highest BCUT2D eigenvalue weighted by Gasteiger charge is 2.44. The third-order valence-corrected chi connectivity index (χ3v) is 6.38. The molecule has 0 bridgehead atoms. The van der Waals surface area contributed by atoms with Gasteiger partial charge in [0.15, 0.2) is 0 Å². The lowest BCUT2D eigenvalue weighted by Gasteiger charge is -2.28. The van der Waals surface area contributed by atoms with E-state index in [0.29, 0.717) is 29.5 Å². The van der Waals surface area contributed by atoms with Gasteiger partial charge in [0.1, 0.15) is 23.5 Å². The number of hydrogen-bond donors (Lipinski definition) is 1. The first-order chi connectivity index (χ1) is 14.1. The molecule has 2 aliphatic rings. The fraction of sp³-hybridized carbons (Fsp3) is 0.429. The van der Waals surface area contributed by atoms with Crippen LogP contribution in [0, 0.1) is 11.8 Å². The summed E-state index contributed by atoms with van der Waals surface area (Å²) in [6.07, 6.45) is 5.64. The number of rotatable bonds is 4. The molecular weight excluding hydrogens is 368 g/mol. The van der Waals surface area contributed by atoms with E-state index in [1.165, 1.54) is 0 Å². The number of methoxy groups -OCH3 is 1. The molecule has 1 saturated heterocycles. The van der Waals surface area contributed by atoms with Crippen LogP contribution < -0.4 is 9.64 Å². The Morgan fingerprint density at radius 3 is 2.76 bits per heavy atom. The highest BCUT2D eigenvalue weighted by Crippen LogP contribution is 2.41. The Labute approximate surface area is 168 Å². The Bertz CT molecular complexity index is 1040. The molecule has 1 aliphatic carbocycles. The van der Waals surface area contributed by atoms with Crippen LogP contribution >= 0.6 is 0 Å². The standard InChI is InChI=1S/C21H24N6O2/c1-26(20-16-6-7-22-19(16)23-12-24-20)15-8-13-10-27(11-14(13)9-15)21(28)17-4-3-5-18(25-17)29-2/h3-7,12-15H,8-11H2,1-2H3,(H,22,23,24)/t13-,14+,15-. The molecule has 3 aromatic heterocycles. The van der Waals surface area contributed by atoms with Gasteiger partial charge in [-0.1, -0.05) is 6.07 Å². The van der Waals surface area contributed by atoms with Crippen LogP contribution in [0.4, 0.5) is 5.82 Å².